The fraction of sp³-hybridized carbons (Fsp3) is 0.286. The molecule has 2 aromatic carbocycles. The second kappa shape index (κ2) is 7.93. The smallest absolute Gasteiger partial charge is 0.251 e. The van der Waals surface area contributed by atoms with Crippen molar-refractivity contribution in [1.82, 2.24) is 5.32 Å². The summed E-state index contributed by atoms with van der Waals surface area (Å²) in [5, 5.41) is 13.8. The van der Waals surface area contributed by atoms with Gasteiger partial charge < -0.3 is 10.4 Å². The highest BCUT2D eigenvalue weighted by Gasteiger charge is 2.32. The van der Waals surface area contributed by atoms with Crippen molar-refractivity contribution in [1.29, 1.82) is 0 Å². The molecule has 0 saturated heterocycles. The maximum Gasteiger partial charge on any atom is 0.251 e. The molecular weight excluding hydrogens is 298 g/mol. The Labute approximate surface area is 144 Å². The van der Waals surface area contributed by atoms with Crippen LogP contribution in [0.4, 0.5) is 0 Å². The SMILES string of the molecule is C=CC[C@](C)(O)[C@H](Cc1ccccc1)NC(=O)c1ccc(C)cc1. The van der Waals surface area contributed by atoms with Gasteiger partial charge in [-0.3, -0.25) is 4.79 Å². The van der Waals surface area contributed by atoms with Gasteiger partial charge in [0, 0.05) is 5.56 Å². The first kappa shape index (κ1) is 18.0. The minimum atomic E-state index is -1.07. The first-order valence-electron chi connectivity index (χ1n) is 8.17. The van der Waals surface area contributed by atoms with E-state index in [-0.39, 0.29) is 5.91 Å². The number of hydrogen-bond donors (Lipinski definition) is 2. The number of aliphatic hydroxyl groups is 1. The number of aryl methyl sites for hydroxylation is 1. The van der Waals surface area contributed by atoms with E-state index in [2.05, 4.69) is 11.9 Å². The third kappa shape index (κ3) is 4.80. The largest absolute Gasteiger partial charge is 0.388 e. The molecule has 3 heteroatoms. The van der Waals surface area contributed by atoms with Gasteiger partial charge in [-0.05, 0) is 44.4 Å². The van der Waals surface area contributed by atoms with Gasteiger partial charge in [-0.15, -0.1) is 6.58 Å². The molecular formula is C21H25NO2. The molecule has 1 amide bonds. The Morgan fingerprint density at radius 1 is 1.21 bits per heavy atom. The summed E-state index contributed by atoms with van der Waals surface area (Å²) >= 11 is 0. The quantitative estimate of drug-likeness (QED) is 0.764. The minimum Gasteiger partial charge on any atom is -0.388 e. The van der Waals surface area contributed by atoms with E-state index >= 15 is 0 Å². The molecule has 0 fully saturated rings. The summed E-state index contributed by atoms with van der Waals surface area (Å²) in [6.45, 7) is 7.42. The van der Waals surface area contributed by atoms with Gasteiger partial charge in [-0.2, -0.15) is 0 Å². The van der Waals surface area contributed by atoms with E-state index in [0.717, 1.165) is 11.1 Å². The Balaban J connectivity index is 2.20. The van der Waals surface area contributed by atoms with E-state index in [0.29, 0.717) is 18.4 Å². The first-order valence-corrected chi connectivity index (χ1v) is 8.17. The Morgan fingerprint density at radius 3 is 2.42 bits per heavy atom. The summed E-state index contributed by atoms with van der Waals surface area (Å²) in [5.74, 6) is -0.180. The Bertz CT molecular complexity index is 675. The lowest BCUT2D eigenvalue weighted by Gasteiger charge is -2.33. The van der Waals surface area contributed by atoms with E-state index < -0.39 is 11.6 Å². The van der Waals surface area contributed by atoms with Crippen LogP contribution in [0, 0.1) is 6.92 Å². The lowest BCUT2D eigenvalue weighted by molar-refractivity contribution is 0.0212. The molecule has 2 rings (SSSR count). The van der Waals surface area contributed by atoms with Gasteiger partial charge in [-0.25, -0.2) is 0 Å². The average molecular weight is 323 g/mol. The van der Waals surface area contributed by atoms with Crippen molar-refractivity contribution >= 4 is 5.91 Å². The number of benzene rings is 2. The van der Waals surface area contributed by atoms with E-state index in [1.165, 1.54) is 0 Å². The summed E-state index contributed by atoms with van der Waals surface area (Å²) < 4.78 is 0. The van der Waals surface area contributed by atoms with Gasteiger partial charge in [0.05, 0.1) is 11.6 Å². The summed E-state index contributed by atoms with van der Waals surface area (Å²) in [6, 6.07) is 16.8. The third-order valence-corrected chi connectivity index (χ3v) is 4.21. The van der Waals surface area contributed by atoms with Gasteiger partial charge in [0.2, 0.25) is 0 Å². The van der Waals surface area contributed by atoms with Crippen LogP contribution < -0.4 is 5.32 Å². The van der Waals surface area contributed by atoms with Crippen LogP contribution in [0.15, 0.2) is 67.3 Å². The number of amides is 1. The molecule has 0 unspecified atom stereocenters. The maximum atomic E-state index is 12.6. The van der Waals surface area contributed by atoms with E-state index in [9.17, 15) is 9.90 Å². The lowest BCUT2D eigenvalue weighted by atomic mass is 9.87. The maximum absolute atomic E-state index is 12.6. The third-order valence-electron chi connectivity index (χ3n) is 4.21. The predicted molar refractivity (Wildman–Crippen MR) is 98.0 cm³/mol. The molecule has 0 bridgehead atoms. The highest BCUT2D eigenvalue weighted by Crippen LogP contribution is 2.20. The molecule has 0 aliphatic rings. The summed E-state index contributed by atoms with van der Waals surface area (Å²) in [4.78, 5) is 12.6. The van der Waals surface area contributed by atoms with Crippen LogP contribution in [0.5, 0.6) is 0 Å². The molecule has 126 valence electrons. The zero-order valence-electron chi connectivity index (χ0n) is 14.3. The number of carbonyl (C=O) groups is 1. The van der Waals surface area contributed by atoms with Gasteiger partial charge in [0.25, 0.3) is 5.91 Å². The molecule has 24 heavy (non-hydrogen) atoms. The van der Waals surface area contributed by atoms with Crippen molar-refractivity contribution in [3.63, 3.8) is 0 Å². The van der Waals surface area contributed by atoms with Crippen molar-refractivity contribution in [2.45, 2.75) is 38.3 Å². The fourth-order valence-electron chi connectivity index (χ4n) is 2.66. The highest BCUT2D eigenvalue weighted by molar-refractivity contribution is 5.94. The van der Waals surface area contributed by atoms with E-state index in [1.54, 1.807) is 25.1 Å². The van der Waals surface area contributed by atoms with E-state index in [1.807, 2.05) is 49.4 Å². The topological polar surface area (TPSA) is 49.3 Å². The molecule has 3 nitrogen and oxygen atoms in total. The molecule has 0 aliphatic carbocycles. The second-order valence-corrected chi connectivity index (χ2v) is 6.43. The number of nitrogens with one attached hydrogen (secondary N) is 1. The summed E-state index contributed by atoms with van der Waals surface area (Å²) in [5.41, 5.74) is 1.69. The monoisotopic (exact) mass is 323 g/mol. The van der Waals surface area contributed by atoms with Crippen LogP contribution in [-0.2, 0) is 6.42 Å². The minimum absolute atomic E-state index is 0.180. The van der Waals surface area contributed by atoms with Crippen molar-refractivity contribution in [3.05, 3.63) is 83.9 Å². The van der Waals surface area contributed by atoms with Gasteiger partial charge in [0.1, 0.15) is 0 Å². The Hall–Kier alpha value is -2.39. The molecule has 0 aromatic heterocycles. The van der Waals surface area contributed by atoms with Crippen LogP contribution in [0.3, 0.4) is 0 Å². The van der Waals surface area contributed by atoms with Crippen LogP contribution in [0.25, 0.3) is 0 Å². The second-order valence-electron chi connectivity index (χ2n) is 6.43. The average Bonchev–Trinajstić information content (AvgIpc) is 2.55. The zero-order chi connectivity index (χ0) is 17.6. The number of hydrogen-bond acceptors (Lipinski definition) is 2. The standard InChI is InChI=1S/C21H25NO2/c1-4-14-21(3,24)19(15-17-8-6-5-7-9-17)22-20(23)18-12-10-16(2)11-13-18/h4-13,19,24H,1,14-15H2,2-3H3,(H,22,23)/t19-,21-/m0/s1. The van der Waals surface area contributed by atoms with Crippen LogP contribution in [0.1, 0.15) is 34.8 Å². The fourth-order valence-corrected chi connectivity index (χ4v) is 2.66. The van der Waals surface area contributed by atoms with Crippen molar-refractivity contribution < 1.29 is 9.90 Å². The Morgan fingerprint density at radius 2 is 1.83 bits per heavy atom. The number of rotatable bonds is 7. The normalized spacial score (nSPS) is 14.5. The zero-order valence-corrected chi connectivity index (χ0v) is 14.3. The van der Waals surface area contributed by atoms with Crippen LogP contribution in [-0.4, -0.2) is 22.7 Å². The van der Waals surface area contributed by atoms with E-state index in [4.69, 9.17) is 0 Å². The molecule has 2 atom stereocenters. The summed E-state index contributed by atoms with van der Waals surface area (Å²) in [7, 11) is 0. The van der Waals surface area contributed by atoms with Crippen molar-refractivity contribution in [3.8, 4) is 0 Å². The van der Waals surface area contributed by atoms with Crippen LogP contribution in [0.2, 0.25) is 0 Å². The first-order chi connectivity index (χ1) is 11.4. The molecule has 2 N–H and O–H groups in total. The lowest BCUT2D eigenvalue weighted by Crippen LogP contribution is -2.52. The van der Waals surface area contributed by atoms with Gasteiger partial charge >= 0.3 is 0 Å². The van der Waals surface area contributed by atoms with Gasteiger partial charge in [0.15, 0.2) is 0 Å². The molecule has 0 saturated carbocycles. The van der Waals surface area contributed by atoms with Crippen LogP contribution >= 0.6 is 0 Å². The molecule has 2 aromatic rings. The molecule has 0 heterocycles. The van der Waals surface area contributed by atoms with Crippen molar-refractivity contribution in [2.75, 3.05) is 0 Å². The van der Waals surface area contributed by atoms with Crippen molar-refractivity contribution in [2.24, 2.45) is 0 Å². The number of carbonyl (C=O) groups excluding carboxylic acids is 1. The Kier molecular flexibility index (Phi) is 5.93. The molecule has 0 spiro atoms. The summed E-state index contributed by atoms with van der Waals surface area (Å²) in [6.07, 6.45) is 2.63. The molecule has 0 radical (unpaired) electrons. The predicted octanol–water partition coefficient (Wildman–Crippen LogP) is 3.66. The highest BCUT2D eigenvalue weighted by atomic mass is 16.3. The molecule has 0 aliphatic heterocycles. The van der Waals surface area contributed by atoms with Gasteiger partial charge in [-0.1, -0.05) is 54.1 Å².